The Hall–Kier alpha value is -0.860. The molecule has 2 rings (SSSR count). The third kappa shape index (κ3) is 5.31. The Balaban J connectivity index is 2.22. The molecule has 4 atom stereocenters. The maximum atomic E-state index is 10.8. The van der Waals surface area contributed by atoms with Gasteiger partial charge in [0.2, 0.25) is 0 Å². The van der Waals surface area contributed by atoms with Gasteiger partial charge in [0.25, 0.3) is 0 Å². The van der Waals surface area contributed by atoms with Gasteiger partial charge >= 0.3 is 0 Å². The first-order chi connectivity index (χ1) is 11.9. The summed E-state index contributed by atoms with van der Waals surface area (Å²) < 4.78 is 0. The smallest absolute Gasteiger partial charge is 0.0588 e. The molecule has 2 heteroatoms. The Labute approximate surface area is 155 Å². The van der Waals surface area contributed by atoms with Crippen LogP contribution in [0.4, 0.5) is 0 Å². The lowest BCUT2D eigenvalue weighted by molar-refractivity contribution is -0.0629. The monoisotopic (exact) mass is 345 g/mol. The van der Waals surface area contributed by atoms with Gasteiger partial charge in [-0.25, -0.2) is 0 Å². The van der Waals surface area contributed by atoms with E-state index >= 15 is 0 Å². The number of rotatable bonds is 8. The summed E-state index contributed by atoms with van der Waals surface area (Å²) in [4.78, 5) is 2.67. The Bertz CT molecular complexity index is 498. The zero-order valence-electron chi connectivity index (χ0n) is 17.0. The van der Waals surface area contributed by atoms with Gasteiger partial charge in [-0.3, -0.25) is 4.90 Å². The van der Waals surface area contributed by atoms with E-state index in [0.29, 0.717) is 17.9 Å². The van der Waals surface area contributed by atoms with Crippen molar-refractivity contribution in [1.29, 1.82) is 0 Å². The molecule has 0 heterocycles. The molecule has 1 fully saturated rings. The first-order valence-corrected chi connectivity index (χ1v) is 10.3. The second-order valence-corrected chi connectivity index (χ2v) is 8.85. The number of hydrogen-bond donors (Lipinski definition) is 1. The van der Waals surface area contributed by atoms with Crippen LogP contribution in [0.25, 0.3) is 0 Å². The molecule has 0 bridgehead atoms. The molecular formula is C23H39NO. The standard InChI is InChI=1S/C23H39NO/c1-6-7-11-19(3)24(17-20-12-9-8-10-13-20)23(4,5)21-15-14-18(2)16-22(21)25/h8-10,12-13,18-19,21-22,25H,6-7,11,14-17H2,1-5H3/t18-,19+,21-,22-/m1/s1. The fraction of sp³-hybridized carbons (Fsp3) is 0.739. The van der Waals surface area contributed by atoms with E-state index in [9.17, 15) is 5.11 Å². The van der Waals surface area contributed by atoms with Crippen molar-refractivity contribution in [3.05, 3.63) is 35.9 Å². The van der Waals surface area contributed by atoms with Gasteiger partial charge < -0.3 is 5.11 Å². The zero-order valence-corrected chi connectivity index (χ0v) is 17.0. The van der Waals surface area contributed by atoms with Crippen LogP contribution in [0.3, 0.4) is 0 Å². The fourth-order valence-electron chi connectivity index (χ4n) is 4.75. The van der Waals surface area contributed by atoms with Gasteiger partial charge in [-0.15, -0.1) is 0 Å². The Morgan fingerprint density at radius 2 is 1.88 bits per heavy atom. The quantitative estimate of drug-likeness (QED) is 0.659. The highest BCUT2D eigenvalue weighted by molar-refractivity contribution is 5.15. The van der Waals surface area contributed by atoms with Crippen LogP contribution in [-0.2, 0) is 6.54 Å². The van der Waals surface area contributed by atoms with Crippen molar-refractivity contribution < 1.29 is 5.11 Å². The van der Waals surface area contributed by atoms with Crippen molar-refractivity contribution in [3.63, 3.8) is 0 Å². The minimum atomic E-state index is -0.171. The molecule has 2 nitrogen and oxygen atoms in total. The minimum absolute atomic E-state index is 0.00254. The summed E-state index contributed by atoms with van der Waals surface area (Å²) in [6.07, 6.45) is 6.91. The van der Waals surface area contributed by atoms with Crippen LogP contribution in [-0.4, -0.2) is 27.7 Å². The Kier molecular flexibility index (Phi) is 7.51. The van der Waals surface area contributed by atoms with Crippen LogP contribution < -0.4 is 0 Å². The molecule has 1 aliphatic carbocycles. The number of hydrogen-bond acceptors (Lipinski definition) is 2. The maximum Gasteiger partial charge on any atom is 0.0588 e. The maximum absolute atomic E-state index is 10.8. The molecule has 1 N–H and O–H groups in total. The van der Waals surface area contributed by atoms with Crippen molar-refractivity contribution in [1.82, 2.24) is 4.90 Å². The van der Waals surface area contributed by atoms with Crippen molar-refractivity contribution in [3.8, 4) is 0 Å². The van der Waals surface area contributed by atoms with E-state index in [2.05, 4.69) is 69.9 Å². The lowest BCUT2D eigenvalue weighted by Crippen LogP contribution is -2.56. The predicted molar refractivity (Wildman–Crippen MR) is 108 cm³/mol. The average Bonchev–Trinajstić information content (AvgIpc) is 2.58. The molecule has 25 heavy (non-hydrogen) atoms. The molecule has 142 valence electrons. The van der Waals surface area contributed by atoms with Crippen LogP contribution in [0.2, 0.25) is 0 Å². The van der Waals surface area contributed by atoms with Gasteiger partial charge in [0.1, 0.15) is 0 Å². The summed E-state index contributed by atoms with van der Waals surface area (Å²) in [6, 6.07) is 11.3. The number of aliphatic hydroxyl groups excluding tert-OH is 1. The van der Waals surface area contributed by atoms with Crippen molar-refractivity contribution >= 4 is 0 Å². The number of benzene rings is 1. The Morgan fingerprint density at radius 3 is 2.48 bits per heavy atom. The zero-order chi connectivity index (χ0) is 18.4. The lowest BCUT2D eigenvalue weighted by Gasteiger charge is -2.51. The van der Waals surface area contributed by atoms with Crippen molar-refractivity contribution in [2.24, 2.45) is 11.8 Å². The van der Waals surface area contributed by atoms with E-state index in [4.69, 9.17) is 0 Å². The molecule has 0 amide bonds. The number of aliphatic hydroxyl groups is 1. The molecule has 1 saturated carbocycles. The van der Waals surface area contributed by atoms with Crippen LogP contribution in [0.1, 0.15) is 78.7 Å². The Morgan fingerprint density at radius 1 is 1.20 bits per heavy atom. The molecular weight excluding hydrogens is 306 g/mol. The summed E-state index contributed by atoms with van der Waals surface area (Å²) in [7, 11) is 0. The van der Waals surface area contributed by atoms with Gasteiger partial charge in [0, 0.05) is 24.0 Å². The van der Waals surface area contributed by atoms with Gasteiger partial charge in [0.05, 0.1) is 6.10 Å². The second kappa shape index (κ2) is 9.19. The molecule has 1 aliphatic rings. The normalized spacial score (nSPS) is 26.0. The average molecular weight is 346 g/mol. The van der Waals surface area contributed by atoms with E-state index in [0.717, 1.165) is 19.4 Å². The molecule has 0 radical (unpaired) electrons. The van der Waals surface area contributed by atoms with Gasteiger partial charge in [-0.05, 0) is 51.5 Å². The lowest BCUT2D eigenvalue weighted by atomic mass is 9.70. The van der Waals surface area contributed by atoms with Gasteiger partial charge in [-0.2, -0.15) is 0 Å². The number of unbranched alkanes of at least 4 members (excludes halogenated alkanes) is 1. The predicted octanol–water partition coefficient (Wildman–Crippen LogP) is 5.64. The second-order valence-electron chi connectivity index (χ2n) is 8.85. The third-order valence-corrected chi connectivity index (χ3v) is 6.43. The highest BCUT2D eigenvalue weighted by Gasteiger charge is 2.43. The van der Waals surface area contributed by atoms with Crippen LogP contribution in [0.15, 0.2) is 30.3 Å². The fourth-order valence-corrected chi connectivity index (χ4v) is 4.75. The SMILES string of the molecule is CCCC[C@H](C)N(Cc1ccccc1)C(C)(C)[C@@H]1CC[C@@H](C)C[C@H]1O. The molecule has 0 aromatic heterocycles. The van der Waals surface area contributed by atoms with Gasteiger partial charge in [0.15, 0.2) is 0 Å². The number of nitrogens with zero attached hydrogens (tertiary/aromatic N) is 1. The molecule has 1 aromatic rings. The van der Waals surface area contributed by atoms with E-state index in [1.807, 2.05) is 0 Å². The van der Waals surface area contributed by atoms with Crippen molar-refractivity contribution in [2.75, 3.05) is 0 Å². The highest BCUT2D eigenvalue weighted by atomic mass is 16.3. The van der Waals surface area contributed by atoms with Crippen LogP contribution >= 0.6 is 0 Å². The summed E-state index contributed by atoms with van der Waals surface area (Å²) in [6.45, 7) is 12.6. The van der Waals surface area contributed by atoms with E-state index < -0.39 is 0 Å². The van der Waals surface area contributed by atoms with E-state index in [1.54, 1.807) is 0 Å². The van der Waals surface area contributed by atoms with Crippen LogP contribution in [0.5, 0.6) is 0 Å². The van der Waals surface area contributed by atoms with Crippen LogP contribution in [0, 0.1) is 11.8 Å². The summed E-state index contributed by atoms with van der Waals surface area (Å²) in [5, 5.41) is 10.8. The molecule has 0 aliphatic heterocycles. The summed E-state index contributed by atoms with van der Waals surface area (Å²) in [5.74, 6) is 1.01. The topological polar surface area (TPSA) is 23.5 Å². The summed E-state index contributed by atoms with van der Waals surface area (Å²) >= 11 is 0. The van der Waals surface area contributed by atoms with Gasteiger partial charge in [-0.1, -0.05) is 63.4 Å². The van der Waals surface area contributed by atoms with E-state index in [1.165, 1.54) is 31.2 Å². The molecule has 0 unspecified atom stereocenters. The summed E-state index contributed by atoms with van der Waals surface area (Å²) in [5.41, 5.74) is 1.38. The molecule has 0 saturated heterocycles. The molecule has 0 spiro atoms. The highest BCUT2D eigenvalue weighted by Crippen LogP contribution is 2.40. The van der Waals surface area contributed by atoms with Crippen molar-refractivity contribution in [2.45, 2.75) is 97.4 Å². The largest absolute Gasteiger partial charge is 0.393 e. The first kappa shape index (κ1) is 20.5. The minimum Gasteiger partial charge on any atom is -0.393 e. The molecule has 1 aromatic carbocycles. The first-order valence-electron chi connectivity index (χ1n) is 10.3. The van der Waals surface area contributed by atoms with E-state index in [-0.39, 0.29) is 11.6 Å². The third-order valence-electron chi connectivity index (χ3n) is 6.43.